The van der Waals surface area contributed by atoms with E-state index in [1.165, 1.54) is 23.5 Å². The molecule has 0 aliphatic carbocycles. The van der Waals surface area contributed by atoms with Crippen LogP contribution in [0, 0.1) is 13.8 Å². The van der Waals surface area contributed by atoms with Crippen molar-refractivity contribution in [2.45, 2.75) is 18.7 Å². The molecule has 6 nitrogen and oxygen atoms in total. The summed E-state index contributed by atoms with van der Waals surface area (Å²) in [4.78, 5) is 0.155. The number of nitrogens with one attached hydrogen (secondary N) is 1. The van der Waals surface area contributed by atoms with Crippen molar-refractivity contribution in [2.75, 3.05) is 10.5 Å². The van der Waals surface area contributed by atoms with Crippen molar-refractivity contribution >= 4 is 32.2 Å². The number of nitrogens with zero attached hydrogens (tertiary/aromatic N) is 2. The Morgan fingerprint density at radius 2 is 2.00 bits per heavy atom. The number of nitrogens with two attached hydrogens (primary N) is 1. The minimum Gasteiger partial charge on any atom is -0.399 e. The van der Waals surface area contributed by atoms with Crippen LogP contribution in [-0.2, 0) is 10.0 Å². The van der Waals surface area contributed by atoms with Gasteiger partial charge in [0.1, 0.15) is 5.01 Å². The molecule has 0 aliphatic heterocycles. The van der Waals surface area contributed by atoms with Gasteiger partial charge in [0, 0.05) is 5.69 Å². The third kappa shape index (κ3) is 2.59. The van der Waals surface area contributed by atoms with Crippen LogP contribution in [0.1, 0.15) is 10.6 Å². The fourth-order valence-corrected chi connectivity index (χ4v) is 3.23. The Bertz CT molecular complexity index is 679. The fourth-order valence-electron chi connectivity index (χ4n) is 1.33. The average Bonchev–Trinajstić information content (AvgIpc) is 2.67. The first-order valence-corrected chi connectivity index (χ1v) is 7.37. The quantitative estimate of drug-likeness (QED) is 0.833. The molecule has 96 valence electrons. The van der Waals surface area contributed by atoms with Crippen LogP contribution in [0.2, 0.25) is 0 Å². The minimum absolute atomic E-state index is 0.155. The highest BCUT2D eigenvalue weighted by Gasteiger charge is 2.16. The van der Waals surface area contributed by atoms with Gasteiger partial charge in [0.15, 0.2) is 0 Å². The minimum atomic E-state index is -3.64. The van der Waals surface area contributed by atoms with Gasteiger partial charge in [0.2, 0.25) is 5.13 Å². The Morgan fingerprint density at radius 3 is 2.56 bits per heavy atom. The molecule has 1 aromatic heterocycles. The molecule has 0 saturated carbocycles. The molecule has 0 unspecified atom stereocenters. The molecule has 2 aromatic rings. The van der Waals surface area contributed by atoms with E-state index in [1.54, 1.807) is 19.9 Å². The second-order valence-electron chi connectivity index (χ2n) is 3.75. The van der Waals surface area contributed by atoms with E-state index < -0.39 is 10.0 Å². The summed E-state index contributed by atoms with van der Waals surface area (Å²) < 4.78 is 26.5. The van der Waals surface area contributed by atoms with Gasteiger partial charge in [0.25, 0.3) is 10.0 Å². The van der Waals surface area contributed by atoms with Gasteiger partial charge in [-0.15, -0.1) is 10.2 Å². The largest absolute Gasteiger partial charge is 0.399 e. The maximum absolute atomic E-state index is 12.1. The highest BCUT2D eigenvalue weighted by molar-refractivity contribution is 7.93. The maximum Gasteiger partial charge on any atom is 0.263 e. The van der Waals surface area contributed by atoms with E-state index in [0.29, 0.717) is 16.3 Å². The first-order chi connectivity index (χ1) is 8.38. The molecule has 0 atom stereocenters. The molecule has 0 spiro atoms. The number of hydrogen-bond donors (Lipinski definition) is 2. The zero-order valence-electron chi connectivity index (χ0n) is 9.84. The van der Waals surface area contributed by atoms with E-state index in [1.807, 2.05) is 0 Å². The van der Waals surface area contributed by atoms with Crippen LogP contribution in [0.15, 0.2) is 23.1 Å². The number of aryl methyl sites for hydroxylation is 2. The van der Waals surface area contributed by atoms with E-state index in [4.69, 9.17) is 5.73 Å². The summed E-state index contributed by atoms with van der Waals surface area (Å²) in [5.41, 5.74) is 6.92. The SMILES string of the molecule is Cc1nnc(NS(=O)(=O)c2ccc(N)c(C)c2)s1. The van der Waals surface area contributed by atoms with Crippen molar-refractivity contribution in [1.29, 1.82) is 0 Å². The average molecular weight is 284 g/mol. The summed E-state index contributed by atoms with van der Waals surface area (Å²) in [7, 11) is -3.64. The van der Waals surface area contributed by atoms with Gasteiger partial charge in [-0.1, -0.05) is 11.3 Å². The van der Waals surface area contributed by atoms with Crippen molar-refractivity contribution in [1.82, 2.24) is 10.2 Å². The van der Waals surface area contributed by atoms with E-state index in [-0.39, 0.29) is 10.0 Å². The van der Waals surface area contributed by atoms with Crippen molar-refractivity contribution < 1.29 is 8.42 Å². The summed E-state index contributed by atoms with van der Waals surface area (Å²) in [5, 5.41) is 8.42. The van der Waals surface area contributed by atoms with Crippen LogP contribution in [-0.4, -0.2) is 18.6 Å². The van der Waals surface area contributed by atoms with Crippen LogP contribution < -0.4 is 10.5 Å². The van der Waals surface area contributed by atoms with Gasteiger partial charge >= 0.3 is 0 Å². The van der Waals surface area contributed by atoms with Crippen LogP contribution in [0.25, 0.3) is 0 Å². The Kier molecular flexibility index (Phi) is 3.22. The third-order valence-electron chi connectivity index (χ3n) is 2.30. The molecular weight excluding hydrogens is 272 g/mol. The highest BCUT2D eigenvalue weighted by atomic mass is 32.2. The second kappa shape index (κ2) is 4.54. The molecule has 0 saturated heterocycles. The molecule has 0 aliphatic rings. The molecule has 0 radical (unpaired) electrons. The molecule has 0 fully saturated rings. The third-order valence-corrected chi connectivity index (χ3v) is 4.52. The number of aromatic nitrogens is 2. The normalized spacial score (nSPS) is 11.4. The molecule has 0 amide bonds. The summed E-state index contributed by atoms with van der Waals surface area (Å²) in [6.45, 7) is 3.51. The molecule has 3 N–H and O–H groups in total. The monoisotopic (exact) mass is 284 g/mol. The molecule has 2 rings (SSSR count). The molecule has 18 heavy (non-hydrogen) atoms. The first kappa shape index (κ1) is 12.8. The number of hydrogen-bond acceptors (Lipinski definition) is 6. The number of benzene rings is 1. The number of rotatable bonds is 3. The number of anilines is 2. The van der Waals surface area contributed by atoms with E-state index in [0.717, 1.165) is 0 Å². The topological polar surface area (TPSA) is 98.0 Å². The van der Waals surface area contributed by atoms with Crippen LogP contribution in [0.3, 0.4) is 0 Å². The van der Waals surface area contributed by atoms with Crippen molar-refractivity contribution in [2.24, 2.45) is 0 Å². The lowest BCUT2D eigenvalue weighted by Crippen LogP contribution is -2.13. The molecule has 8 heteroatoms. The van der Waals surface area contributed by atoms with Gasteiger partial charge in [-0.2, -0.15) is 0 Å². The predicted molar refractivity (Wildman–Crippen MR) is 71.0 cm³/mol. The van der Waals surface area contributed by atoms with Gasteiger partial charge in [-0.3, -0.25) is 4.72 Å². The standard InChI is InChI=1S/C10H12N4O2S2/c1-6-5-8(3-4-9(6)11)18(15,16)14-10-13-12-7(2)17-10/h3-5H,11H2,1-2H3,(H,13,14). The van der Waals surface area contributed by atoms with Crippen molar-refractivity contribution in [3.05, 3.63) is 28.8 Å². The van der Waals surface area contributed by atoms with Gasteiger partial charge in [-0.25, -0.2) is 8.42 Å². The fraction of sp³-hybridized carbons (Fsp3) is 0.200. The summed E-state index contributed by atoms with van der Waals surface area (Å²) in [6.07, 6.45) is 0. The second-order valence-corrected chi connectivity index (χ2v) is 6.61. The van der Waals surface area contributed by atoms with E-state index in [9.17, 15) is 8.42 Å². The highest BCUT2D eigenvalue weighted by Crippen LogP contribution is 2.21. The lowest BCUT2D eigenvalue weighted by atomic mass is 10.2. The molecule has 1 aromatic carbocycles. The summed E-state index contributed by atoms with van der Waals surface area (Å²) in [6, 6.07) is 4.54. The zero-order chi connectivity index (χ0) is 13.3. The Morgan fingerprint density at radius 1 is 1.28 bits per heavy atom. The van der Waals surface area contributed by atoms with Crippen molar-refractivity contribution in [3.8, 4) is 0 Å². The van der Waals surface area contributed by atoms with Crippen molar-refractivity contribution in [3.63, 3.8) is 0 Å². The van der Waals surface area contributed by atoms with E-state index >= 15 is 0 Å². The Balaban J connectivity index is 2.33. The summed E-state index contributed by atoms with van der Waals surface area (Å²) in [5.74, 6) is 0. The summed E-state index contributed by atoms with van der Waals surface area (Å²) >= 11 is 1.18. The first-order valence-electron chi connectivity index (χ1n) is 5.07. The number of nitrogen functional groups attached to an aromatic ring is 1. The lowest BCUT2D eigenvalue weighted by molar-refractivity contribution is 0.601. The molecule has 0 bridgehead atoms. The van der Waals surface area contributed by atoms with Crippen LogP contribution in [0.4, 0.5) is 10.8 Å². The van der Waals surface area contributed by atoms with Crippen LogP contribution >= 0.6 is 11.3 Å². The zero-order valence-corrected chi connectivity index (χ0v) is 11.5. The van der Waals surface area contributed by atoms with Gasteiger partial charge < -0.3 is 5.73 Å². The maximum atomic E-state index is 12.1. The number of sulfonamides is 1. The Labute approximate surface area is 109 Å². The van der Waals surface area contributed by atoms with E-state index in [2.05, 4.69) is 14.9 Å². The molecule has 1 heterocycles. The predicted octanol–water partition coefficient (Wildman–Crippen LogP) is 1.54. The lowest BCUT2D eigenvalue weighted by Gasteiger charge is -2.06. The van der Waals surface area contributed by atoms with Crippen LogP contribution in [0.5, 0.6) is 0 Å². The molecular formula is C10H12N4O2S2. The Hall–Kier alpha value is -1.67. The van der Waals surface area contributed by atoms with Gasteiger partial charge in [-0.05, 0) is 37.6 Å². The van der Waals surface area contributed by atoms with Gasteiger partial charge in [0.05, 0.1) is 4.90 Å². The smallest absolute Gasteiger partial charge is 0.263 e.